The van der Waals surface area contributed by atoms with Gasteiger partial charge in [-0.15, -0.1) is 0 Å². The highest BCUT2D eigenvalue weighted by Gasteiger charge is 2.26. The summed E-state index contributed by atoms with van der Waals surface area (Å²) in [6.07, 6.45) is 1.97. The van der Waals surface area contributed by atoms with Gasteiger partial charge in [0.2, 0.25) is 11.9 Å². The van der Waals surface area contributed by atoms with Crippen molar-refractivity contribution in [1.82, 2.24) is 29.1 Å². The van der Waals surface area contributed by atoms with Crippen LogP contribution in [0, 0.1) is 0 Å². The lowest BCUT2D eigenvalue weighted by molar-refractivity contribution is 0.0625. The third-order valence-electron chi connectivity index (χ3n) is 8.10. The van der Waals surface area contributed by atoms with Gasteiger partial charge in [0.15, 0.2) is 11.0 Å². The van der Waals surface area contributed by atoms with Gasteiger partial charge in [0.25, 0.3) is 0 Å². The van der Waals surface area contributed by atoms with Crippen LogP contribution < -0.4 is 9.80 Å². The Labute approximate surface area is 296 Å². The van der Waals surface area contributed by atoms with Gasteiger partial charge in [-0.1, -0.05) is 61.8 Å². The van der Waals surface area contributed by atoms with Crippen molar-refractivity contribution in [3.63, 3.8) is 0 Å². The monoisotopic (exact) mass is 699 g/mol. The number of nitrogens with zero attached hydrogens (tertiary/aromatic N) is 11. The lowest BCUT2D eigenvalue weighted by Crippen LogP contribution is -2.29. The molecule has 0 aliphatic heterocycles. The second-order valence-corrected chi connectivity index (χ2v) is 14.3. The molecule has 50 heavy (non-hydrogen) atoms. The first kappa shape index (κ1) is 36.6. The predicted octanol–water partition coefficient (Wildman–Crippen LogP) is 8.00. The molecule has 0 bridgehead atoms. The number of aliphatic hydroxyl groups is 2. The van der Waals surface area contributed by atoms with E-state index in [0.29, 0.717) is 29.3 Å². The van der Waals surface area contributed by atoms with E-state index in [-0.39, 0.29) is 5.82 Å². The molecule has 0 fully saturated rings. The van der Waals surface area contributed by atoms with Crippen LogP contribution in [0.1, 0.15) is 54.4 Å². The summed E-state index contributed by atoms with van der Waals surface area (Å²) < 4.78 is 4.05. The fourth-order valence-corrected chi connectivity index (χ4v) is 6.46. The van der Waals surface area contributed by atoms with Gasteiger partial charge in [0.1, 0.15) is 11.0 Å². The Morgan fingerprint density at radius 1 is 0.740 bits per heavy atom. The normalized spacial score (nSPS) is 12.0. The number of rotatable bonds is 11. The molecule has 2 aromatic carbocycles. The standard InChI is InChI=1S/C18H23ClN4O.C18H23N7O/c1-5-10-22(4)17-21-14-15(23(17)11-18(2,3)24)12-8-6-7-9-13(12)20-16(14)19;1-5-10-24(4)17-21-14-15(25(17)11-18(2,3)26)12-8-6-7-9-13(12)20-16(14)22-23-19/h6-9,24H,5,10-11H2,1-4H3;6-9,26H,5,10-11H2,1-4H3. The van der Waals surface area contributed by atoms with Gasteiger partial charge < -0.3 is 29.1 Å². The molecular formula is C36H46ClN11O2. The lowest BCUT2D eigenvalue weighted by atomic mass is 10.1. The van der Waals surface area contributed by atoms with Crippen LogP contribution in [-0.4, -0.2) is 77.7 Å². The molecular weight excluding hydrogens is 654 g/mol. The number of imidazole rings is 2. The van der Waals surface area contributed by atoms with E-state index < -0.39 is 11.2 Å². The van der Waals surface area contributed by atoms with Gasteiger partial charge in [0, 0.05) is 42.9 Å². The summed E-state index contributed by atoms with van der Waals surface area (Å²) >= 11 is 6.41. The van der Waals surface area contributed by atoms with Crippen molar-refractivity contribution >= 4 is 73.2 Å². The molecule has 0 radical (unpaired) electrons. The second-order valence-electron chi connectivity index (χ2n) is 13.9. The molecule has 0 amide bonds. The Morgan fingerprint density at radius 2 is 1.18 bits per heavy atom. The molecule has 6 rings (SSSR count). The molecule has 6 aromatic rings. The van der Waals surface area contributed by atoms with E-state index >= 15 is 0 Å². The number of pyridine rings is 2. The van der Waals surface area contributed by atoms with E-state index in [2.05, 4.69) is 43.3 Å². The number of anilines is 2. The average molecular weight is 700 g/mol. The third-order valence-corrected chi connectivity index (χ3v) is 8.36. The van der Waals surface area contributed by atoms with Crippen LogP contribution in [0.3, 0.4) is 0 Å². The van der Waals surface area contributed by atoms with Gasteiger partial charge in [-0.05, 0) is 63.3 Å². The van der Waals surface area contributed by atoms with Gasteiger partial charge in [-0.2, -0.15) is 0 Å². The third kappa shape index (κ3) is 7.71. The number of azide groups is 1. The highest BCUT2D eigenvalue weighted by molar-refractivity contribution is 6.35. The minimum absolute atomic E-state index is 0.252. The highest BCUT2D eigenvalue weighted by Crippen LogP contribution is 2.36. The van der Waals surface area contributed by atoms with Crippen molar-refractivity contribution in [2.45, 2.75) is 78.7 Å². The molecule has 4 heterocycles. The van der Waals surface area contributed by atoms with Crippen molar-refractivity contribution in [3.05, 3.63) is 64.1 Å². The number of fused-ring (bicyclic) bond motifs is 6. The van der Waals surface area contributed by atoms with E-state index in [1.807, 2.05) is 72.1 Å². The Balaban J connectivity index is 0.000000195. The Hall–Kier alpha value is -4.68. The van der Waals surface area contributed by atoms with Gasteiger partial charge in [-0.25, -0.2) is 19.9 Å². The van der Waals surface area contributed by atoms with Crippen LogP contribution in [0.4, 0.5) is 17.7 Å². The number of benzene rings is 2. The SMILES string of the molecule is CCCN(C)c1nc2c(Cl)nc3ccccc3c2n1CC(C)(C)O.CCCN(C)c1nc2c(N=[N+]=[N-])nc3ccccc3c2n1CC(C)(C)O. The van der Waals surface area contributed by atoms with E-state index in [9.17, 15) is 10.2 Å². The van der Waals surface area contributed by atoms with Crippen molar-refractivity contribution in [2.24, 2.45) is 5.11 Å². The molecule has 0 unspecified atom stereocenters. The Kier molecular flexibility index (Phi) is 10.7. The molecule has 0 saturated heterocycles. The zero-order valence-electron chi connectivity index (χ0n) is 30.1. The van der Waals surface area contributed by atoms with Crippen molar-refractivity contribution in [3.8, 4) is 0 Å². The minimum Gasteiger partial charge on any atom is -0.389 e. The van der Waals surface area contributed by atoms with Crippen molar-refractivity contribution in [2.75, 3.05) is 37.0 Å². The number of para-hydroxylation sites is 2. The summed E-state index contributed by atoms with van der Waals surface area (Å²) in [6.45, 7) is 13.8. The van der Waals surface area contributed by atoms with E-state index in [1.54, 1.807) is 27.7 Å². The molecule has 2 N–H and O–H groups in total. The molecule has 0 saturated carbocycles. The molecule has 13 nitrogen and oxygen atoms in total. The first-order valence-electron chi connectivity index (χ1n) is 16.8. The molecule has 0 atom stereocenters. The largest absolute Gasteiger partial charge is 0.389 e. The van der Waals surface area contributed by atoms with Crippen molar-refractivity contribution < 1.29 is 10.2 Å². The molecule has 14 heteroatoms. The van der Waals surface area contributed by atoms with E-state index in [0.717, 1.165) is 70.7 Å². The summed E-state index contributed by atoms with van der Waals surface area (Å²) in [5.74, 6) is 1.77. The maximum absolute atomic E-state index is 10.5. The summed E-state index contributed by atoms with van der Waals surface area (Å²) in [5, 5.41) is 26.9. The van der Waals surface area contributed by atoms with Crippen LogP contribution in [0.15, 0.2) is 53.6 Å². The number of hydrogen-bond acceptors (Lipinski definition) is 9. The first-order valence-corrected chi connectivity index (χ1v) is 17.2. The van der Waals surface area contributed by atoms with Crippen LogP contribution in [0.2, 0.25) is 5.15 Å². The predicted molar refractivity (Wildman–Crippen MR) is 204 cm³/mol. The van der Waals surface area contributed by atoms with Crippen LogP contribution >= 0.6 is 11.6 Å². The molecule has 0 spiro atoms. The Bertz CT molecular complexity index is 2190. The van der Waals surface area contributed by atoms with E-state index in [1.165, 1.54) is 0 Å². The lowest BCUT2D eigenvalue weighted by Gasteiger charge is -2.24. The van der Waals surface area contributed by atoms with Crippen LogP contribution in [0.5, 0.6) is 0 Å². The molecule has 4 aromatic heterocycles. The topological polar surface area (TPSA) is 157 Å². The number of halogens is 1. The van der Waals surface area contributed by atoms with Gasteiger partial charge in [0.05, 0.1) is 46.4 Å². The zero-order chi connectivity index (χ0) is 36.4. The molecule has 0 aliphatic rings. The fraction of sp³-hybridized carbons (Fsp3) is 0.444. The average Bonchev–Trinajstić information content (AvgIpc) is 3.60. The van der Waals surface area contributed by atoms with Crippen molar-refractivity contribution in [1.29, 1.82) is 0 Å². The van der Waals surface area contributed by atoms with Crippen LogP contribution in [0.25, 0.3) is 54.3 Å². The maximum atomic E-state index is 10.5. The molecule has 264 valence electrons. The van der Waals surface area contributed by atoms with E-state index in [4.69, 9.17) is 27.1 Å². The zero-order valence-corrected chi connectivity index (χ0v) is 30.8. The van der Waals surface area contributed by atoms with Gasteiger partial charge in [-0.3, -0.25) is 0 Å². The fourth-order valence-electron chi connectivity index (χ4n) is 6.24. The Morgan fingerprint density at radius 3 is 1.64 bits per heavy atom. The van der Waals surface area contributed by atoms with Gasteiger partial charge >= 0.3 is 0 Å². The van der Waals surface area contributed by atoms with Crippen LogP contribution in [-0.2, 0) is 13.1 Å². The first-order chi connectivity index (χ1) is 23.7. The summed E-state index contributed by atoms with van der Waals surface area (Å²) in [5.41, 5.74) is 11.7. The second kappa shape index (κ2) is 14.7. The summed E-state index contributed by atoms with van der Waals surface area (Å²) in [7, 11) is 3.98. The maximum Gasteiger partial charge on any atom is 0.206 e. The number of aromatic nitrogens is 6. The number of hydrogen-bond donors (Lipinski definition) is 2. The minimum atomic E-state index is -0.932. The highest BCUT2D eigenvalue weighted by atomic mass is 35.5. The molecule has 0 aliphatic carbocycles. The summed E-state index contributed by atoms with van der Waals surface area (Å²) in [4.78, 5) is 25.5. The summed E-state index contributed by atoms with van der Waals surface area (Å²) in [6, 6.07) is 15.6. The smallest absolute Gasteiger partial charge is 0.206 e. The quantitative estimate of drug-likeness (QED) is 0.0596.